The highest BCUT2D eigenvalue weighted by atomic mass is 15.2. The second-order valence-electron chi connectivity index (χ2n) is 4.13. The summed E-state index contributed by atoms with van der Waals surface area (Å²) in [5.74, 6) is 3.27. The van der Waals surface area contributed by atoms with Gasteiger partial charge in [-0.3, -0.25) is 0 Å². The van der Waals surface area contributed by atoms with E-state index in [1.165, 1.54) is 5.39 Å². The van der Waals surface area contributed by atoms with Crippen molar-refractivity contribution < 1.29 is 0 Å². The molecule has 2 rings (SSSR count). The molecule has 0 fully saturated rings. The van der Waals surface area contributed by atoms with Gasteiger partial charge in [0.15, 0.2) is 5.96 Å². The van der Waals surface area contributed by atoms with Crippen LogP contribution in [-0.4, -0.2) is 24.0 Å². The van der Waals surface area contributed by atoms with Gasteiger partial charge in [0.25, 0.3) is 0 Å². The number of terminal acetylenes is 1. The van der Waals surface area contributed by atoms with Crippen molar-refractivity contribution in [2.45, 2.75) is 13.5 Å². The molecule has 0 aliphatic rings. The van der Waals surface area contributed by atoms with Crippen molar-refractivity contribution in [2.24, 2.45) is 4.99 Å². The first-order valence-corrected chi connectivity index (χ1v) is 6.35. The van der Waals surface area contributed by atoms with Gasteiger partial charge in [-0.25, -0.2) is 4.99 Å². The van der Waals surface area contributed by atoms with Crippen LogP contribution < -0.4 is 10.6 Å². The molecule has 0 unspecified atom stereocenters. The molecule has 98 valence electrons. The standard InChI is InChI=1S/C15H18N4/c1-3-9-17-15(16-4-2)18-11-13-10-12-7-5-6-8-14(12)19-13/h1,5-8,10,19H,4,9,11H2,2H3,(H2,16,17,18). The Labute approximate surface area is 113 Å². The molecule has 0 radical (unpaired) electrons. The highest BCUT2D eigenvalue weighted by molar-refractivity contribution is 5.81. The number of rotatable bonds is 4. The van der Waals surface area contributed by atoms with Gasteiger partial charge in [-0.2, -0.15) is 0 Å². The molecule has 4 nitrogen and oxygen atoms in total. The van der Waals surface area contributed by atoms with Crippen molar-refractivity contribution in [2.75, 3.05) is 13.1 Å². The van der Waals surface area contributed by atoms with Crippen LogP contribution in [0.15, 0.2) is 35.3 Å². The Morgan fingerprint density at radius 2 is 2.21 bits per heavy atom. The number of H-pyrrole nitrogens is 1. The highest BCUT2D eigenvalue weighted by Crippen LogP contribution is 2.14. The maximum Gasteiger partial charge on any atom is 0.192 e. The Hall–Kier alpha value is -2.41. The molecule has 2 aromatic rings. The first-order valence-electron chi connectivity index (χ1n) is 6.35. The lowest BCUT2D eigenvalue weighted by atomic mass is 10.2. The molecule has 1 aromatic carbocycles. The number of hydrogen-bond donors (Lipinski definition) is 3. The average molecular weight is 254 g/mol. The number of aromatic amines is 1. The summed E-state index contributed by atoms with van der Waals surface area (Å²) in [6, 6.07) is 10.3. The molecule has 0 atom stereocenters. The van der Waals surface area contributed by atoms with Crippen LogP contribution in [0.3, 0.4) is 0 Å². The number of guanidine groups is 1. The molecular weight excluding hydrogens is 236 g/mol. The highest BCUT2D eigenvalue weighted by Gasteiger charge is 2.00. The summed E-state index contributed by atoms with van der Waals surface area (Å²) in [4.78, 5) is 7.83. The molecule has 0 aliphatic heterocycles. The molecule has 0 aliphatic carbocycles. The van der Waals surface area contributed by atoms with Crippen molar-refractivity contribution in [1.29, 1.82) is 0 Å². The Kier molecular flexibility index (Phi) is 4.46. The van der Waals surface area contributed by atoms with E-state index in [4.69, 9.17) is 6.42 Å². The molecule has 0 saturated heterocycles. The van der Waals surface area contributed by atoms with Crippen LogP contribution in [0.25, 0.3) is 10.9 Å². The molecular formula is C15H18N4. The number of hydrogen-bond acceptors (Lipinski definition) is 1. The van der Waals surface area contributed by atoms with Crippen molar-refractivity contribution in [3.63, 3.8) is 0 Å². The maximum atomic E-state index is 5.23. The van der Waals surface area contributed by atoms with Gasteiger partial charge in [-0.1, -0.05) is 24.1 Å². The Bertz CT molecular complexity index is 571. The predicted molar refractivity (Wildman–Crippen MR) is 80.0 cm³/mol. The van der Waals surface area contributed by atoms with E-state index in [1.807, 2.05) is 19.1 Å². The van der Waals surface area contributed by atoms with E-state index < -0.39 is 0 Å². The summed E-state index contributed by atoms with van der Waals surface area (Å²) in [6.45, 7) is 3.90. The van der Waals surface area contributed by atoms with Crippen LogP contribution in [0.5, 0.6) is 0 Å². The number of nitrogens with one attached hydrogen (secondary N) is 3. The summed E-state index contributed by atoms with van der Waals surface area (Å²) in [5, 5.41) is 7.42. The quantitative estimate of drug-likeness (QED) is 0.443. The van der Waals surface area contributed by atoms with Gasteiger partial charge >= 0.3 is 0 Å². The predicted octanol–water partition coefficient (Wildman–Crippen LogP) is 1.86. The lowest BCUT2D eigenvalue weighted by molar-refractivity contribution is 0.860. The molecule has 0 spiro atoms. The third-order valence-electron chi connectivity index (χ3n) is 2.70. The molecule has 0 bridgehead atoms. The van der Waals surface area contributed by atoms with Crippen molar-refractivity contribution in [3.8, 4) is 12.3 Å². The summed E-state index contributed by atoms with van der Waals surface area (Å²) in [7, 11) is 0. The van der Waals surface area contributed by atoms with Gasteiger partial charge in [0.05, 0.1) is 13.1 Å². The zero-order valence-corrected chi connectivity index (χ0v) is 11.0. The van der Waals surface area contributed by atoms with Gasteiger partial charge in [-0.15, -0.1) is 6.42 Å². The molecule has 1 aromatic heterocycles. The van der Waals surface area contributed by atoms with Crippen LogP contribution >= 0.6 is 0 Å². The van der Waals surface area contributed by atoms with Crippen LogP contribution in [-0.2, 0) is 6.54 Å². The number of fused-ring (bicyclic) bond motifs is 1. The van der Waals surface area contributed by atoms with E-state index in [0.29, 0.717) is 13.1 Å². The monoisotopic (exact) mass is 254 g/mol. The third kappa shape index (κ3) is 3.52. The first kappa shape index (κ1) is 13.0. The summed E-state index contributed by atoms with van der Waals surface area (Å²) < 4.78 is 0. The second kappa shape index (κ2) is 6.50. The van der Waals surface area contributed by atoms with Crippen LogP contribution in [0.4, 0.5) is 0 Å². The number of aliphatic imine (C=N–C) groups is 1. The van der Waals surface area contributed by atoms with Gasteiger partial charge < -0.3 is 15.6 Å². The lowest BCUT2D eigenvalue weighted by Gasteiger charge is -2.08. The lowest BCUT2D eigenvalue weighted by Crippen LogP contribution is -2.37. The first-order chi connectivity index (χ1) is 9.33. The fraction of sp³-hybridized carbons (Fsp3) is 0.267. The molecule has 0 amide bonds. The SMILES string of the molecule is C#CCNC(=NCc1cc2ccccc2[nH]1)NCC. The van der Waals surface area contributed by atoms with Crippen molar-refractivity contribution >= 4 is 16.9 Å². The Morgan fingerprint density at radius 1 is 1.37 bits per heavy atom. The number of benzene rings is 1. The van der Waals surface area contributed by atoms with Crippen LogP contribution in [0.2, 0.25) is 0 Å². The number of aromatic nitrogens is 1. The van der Waals surface area contributed by atoms with E-state index in [2.05, 4.69) is 44.7 Å². The average Bonchev–Trinajstić information content (AvgIpc) is 2.84. The van der Waals surface area contributed by atoms with E-state index in [1.54, 1.807) is 0 Å². The smallest absolute Gasteiger partial charge is 0.192 e. The van der Waals surface area contributed by atoms with E-state index in [0.717, 1.165) is 23.7 Å². The van der Waals surface area contributed by atoms with Gasteiger partial charge in [-0.05, 0) is 24.4 Å². The molecule has 1 heterocycles. The van der Waals surface area contributed by atoms with Crippen molar-refractivity contribution in [3.05, 3.63) is 36.0 Å². The number of nitrogens with zero attached hydrogens (tertiary/aromatic N) is 1. The molecule has 19 heavy (non-hydrogen) atoms. The topological polar surface area (TPSA) is 52.2 Å². The third-order valence-corrected chi connectivity index (χ3v) is 2.70. The molecule has 4 heteroatoms. The van der Waals surface area contributed by atoms with Crippen LogP contribution in [0.1, 0.15) is 12.6 Å². The van der Waals surface area contributed by atoms with Crippen LogP contribution in [0, 0.1) is 12.3 Å². The van der Waals surface area contributed by atoms with E-state index in [9.17, 15) is 0 Å². The summed E-state index contributed by atoms with van der Waals surface area (Å²) >= 11 is 0. The molecule has 0 saturated carbocycles. The van der Waals surface area contributed by atoms with E-state index in [-0.39, 0.29) is 0 Å². The van der Waals surface area contributed by atoms with Gasteiger partial charge in [0.2, 0.25) is 0 Å². The normalized spacial score (nSPS) is 11.3. The summed E-state index contributed by atoms with van der Waals surface area (Å²) in [5.41, 5.74) is 2.22. The second-order valence-corrected chi connectivity index (χ2v) is 4.13. The molecule has 3 N–H and O–H groups in total. The minimum absolute atomic E-state index is 0.471. The van der Waals surface area contributed by atoms with Gasteiger partial charge in [0, 0.05) is 17.8 Å². The zero-order chi connectivity index (χ0) is 13.5. The Morgan fingerprint density at radius 3 is 2.95 bits per heavy atom. The minimum Gasteiger partial charge on any atom is -0.357 e. The number of para-hydroxylation sites is 1. The van der Waals surface area contributed by atoms with E-state index >= 15 is 0 Å². The fourth-order valence-electron chi connectivity index (χ4n) is 1.86. The largest absolute Gasteiger partial charge is 0.357 e. The van der Waals surface area contributed by atoms with Gasteiger partial charge in [0.1, 0.15) is 0 Å². The zero-order valence-electron chi connectivity index (χ0n) is 11.0. The maximum absolute atomic E-state index is 5.23. The summed E-state index contributed by atoms with van der Waals surface area (Å²) in [6.07, 6.45) is 5.23. The van der Waals surface area contributed by atoms with Crippen molar-refractivity contribution in [1.82, 2.24) is 15.6 Å². The minimum atomic E-state index is 0.471. The fourth-order valence-corrected chi connectivity index (χ4v) is 1.86. The Balaban J connectivity index is 2.08.